The number of halogens is 1. The van der Waals surface area contributed by atoms with Crippen molar-refractivity contribution in [2.75, 3.05) is 13.2 Å². The average Bonchev–Trinajstić information content (AvgIpc) is 3.05. The Morgan fingerprint density at radius 3 is 2.29 bits per heavy atom. The van der Waals surface area contributed by atoms with Gasteiger partial charge in [-0.3, -0.25) is 0 Å². The topological polar surface area (TPSA) is 64.1 Å². The Morgan fingerprint density at radius 2 is 1.64 bits per heavy atom. The number of benzene rings is 2. The highest BCUT2D eigenvalue weighted by molar-refractivity contribution is 6.30. The van der Waals surface area contributed by atoms with Crippen LogP contribution in [0, 0.1) is 11.8 Å². The number of carbonyl (C=O) groups is 1. The van der Waals surface area contributed by atoms with Gasteiger partial charge in [0.2, 0.25) is 5.82 Å². The molecule has 3 aromatic rings. The molecule has 1 aliphatic carbocycles. The van der Waals surface area contributed by atoms with E-state index in [2.05, 4.69) is 51.4 Å². The molecule has 2 aromatic carbocycles. The van der Waals surface area contributed by atoms with Crippen molar-refractivity contribution in [2.45, 2.75) is 5.92 Å². The largest absolute Gasteiger partial charge is 0.449 e. The van der Waals surface area contributed by atoms with E-state index in [0.717, 1.165) is 0 Å². The molecule has 138 valence electrons. The number of alkyl carbamates (subject to hydrolysis) is 1. The molecule has 1 heterocycles. The zero-order chi connectivity index (χ0) is 19.3. The summed E-state index contributed by atoms with van der Waals surface area (Å²) in [6, 6.07) is 16.4. The number of nitrogens with zero attached hydrogens (tertiary/aromatic N) is 2. The van der Waals surface area contributed by atoms with Crippen LogP contribution < -0.4 is 5.32 Å². The first-order valence-electron chi connectivity index (χ1n) is 8.77. The van der Waals surface area contributed by atoms with E-state index in [1.807, 2.05) is 24.3 Å². The maximum Gasteiger partial charge on any atom is 0.407 e. The normalized spacial score (nSPS) is 11.8. The third-order valence-electron chi connectivity index (χ3n) is 4.49. The van der Waals surface area contributed by atoms with Crippen molar-refractivity contribution in [2.24, 2.45) is 0 Å². The lowest BCUT2D eigenvalue weighted by Crippen LogP contribution is -2.26. The Labute approximate surface area is 167 Å². The lowest BCUT2D eigenvalue weighted by Gasteiger charge is -2.14. The van der Waals surface area contributed by atoms with Gasteiger partial charge in [-0.1, -0.05) is 66.1 Å². The van der Waals surface area contributed by atoms with Gasteiger partial charge in [-0.2, -0.15) is 0 Å². The van der Waals surface area contributed by atoms with Gasteiger partial charge in [-0.05, 0) is 28.2 Å². The van der Waals surface area contributed by atoms with Crippen molar-refractivity contribution >= 4 is 17.7 Å². The zero-order valence-corrected chi connectivity index (χ0v) is 15.6. The van der Waals surface area contributed by atoms with Crippen LogP contribution in [-0.2, 0) is 4.74 Å². The van der Waals surface area contributed by atoms with E-state index >= 15 is 0 Å². The van der Waals surface area contributed by atoms with Crippen LogP contribution in [-0.4, -0.2) is 29.2 Å². The number of amides is 1. The van der Waals surface area contributed by atoms with Crippen molar-refractivity contribution < 1.29 is 9.53 Å². The summed E-state index contributed by atoms with van der Waals surface area (Å²) in [5.41, 5.74) is 4.74. The summed E-state index contributed by atoms with van der Waals surface area (Å²) in [4.78, 5) is 20.0. The Balaban J connectivity index is 1.35. The highest BCUT2D eigenvalue weighted by Gasteiger charge is 2.28. The third kappa shape index (κ3) is 3.83. The van der Waals surface area contributed by atoms with Gasteiger partial charge in [0, 0.05) is 5.92 Å². The Kier molecular flexibility index (Phi) is 5.22. The quantitative estimate of drug-likeness (QED) is 0.687. The third-order valence-corrected chi connectivity index (χ3v) is 4.68. The van der Waals surface area contributed by atoms with Gasteiger partial charge < -0.3 is 10.1 Å². The molecule has 0 saturated heterocycles. The summed E-state index contributed by atoms with van der Waals surface area (Å²) in [7, 11) is 0. The second-order valence-electron chi connectivity index (χ2n) is 6.21. The van der Waals surface area contributed by atoms with E-state index < -0.39 is 6.09 Å². The van der Waals surface area contributed by atoms with E-state index in [1.165, 1.54) is 34.6 Å². The number of rotatable bonds is 3. The Bertz CT molecular complexity index is 1030. The summed E-state index contributed by atoms with van der Waals surface area (Å²) >= 11 is 5.72. The van der Waals surface area contributed by atoms with Crippen molar-refractivity contribution in [1.82, 2.24) is 15.3 Å². The van der Waals surface area contributed by atoms with Gasteiger partial charge in [0.25, 0.3) is 0 Å². The SMILES string of the molecule is O=C(NCC#Cc1ncc(Cl)cn1)OCC1c2ccccc2-c2ccccc21. The zero-order valence-electron chi connectivity index (χ0n) is 14.9. The maximum atomic E-state index is 12.0. The minimum atomic E-state index is -0.506. The molecule has 0 spiro atoms. The number of hydrogen-bond acceptors (Lipinski definition) is 4. The van der Waals surface area contributed by atoms with Crippen molar-refractivity contribution in [3.8, 4) is 23.0 Å². The molecule has 28 heavy (non-hydrogen) atoms. The van der Waals surface area contributed by atoms with E-state index in [9.17, 15) is 4.79 Å². The van der Waals surface area contributed by atoms with E-state index in [1.54, 1.807) is 0 Å². The van der Waals surface area contributed by atoms with Gasteiger partial charge >= 0.3 is 6.09 Å². The fourth-order valence-electron chi connectivity index (χ4n) is 3.27. The van der Waals surface area contributed by atoms with Crippen LogP contribution in [0.25, 0.3) is 11.1 Å². The van der Waals surface area contributed by atoms with E-state index in [-0.39, 0.29) is 19.1 Å². The predicted molar refractivity (Wildman–Crippen MR) is 107 cm³/mol. The molecule has 1 aliphatic rings. The second kappa shape index (κ2) is 8.12. The first-order chi connectivity index (χ1) is 13.7. The minimum absolute atomic E-state index is 0.0340. The molecule has 0 bridgehead atoms. The number of fused-ring (bicyclic) bond motifs is 3. The molecule has 1 N–H and O–H groups in total. The molecule has 0 radical (unpaired) electrons. The number of carbonyl (C=O) groups excluding carboxylic acids is 1. The van der Waals surface area contributed by atoms with Crippen LogP contribution in [0.1, 0.15) is 22.9 Å². The fourth-order valence-corrected chi connectivity index (χ4v) is 3.36. The Hall–Kier alpha value is -3.36. The first-order valence-corrected chi connectivity index (χ1v) is 9.15. The van der Waals surface area contributed by atoms with E-state index in [0.29, 0.717) is 10.8 Å². The average molecular weight is 390 g/mol. The molecule has 0 saturated carbocycles. The van der Waals surface area contributed by atoms with Crippen molar-refractivity contribution in [1.29, 1.82) is 0 Å². The molecule has 0 aliphatic heterocycles. The van der Waals surface area contributed by atoms with Crippen LogP contribution >= 0.6 is 11.6 Å². The van der Waals surface area contributed by atoms with Crippen LogP contribution in [0.15, 0.2) is 60.9 Å². The van der Waals surface area contributed by atoms with Crippen molar-refractivity contribution in [3.05, 3.63) is 82.9 Å². The maximum absolute atomic E-state index is 12.0. The van der Waals surface area contributed by atoms with Gasteiger partial charge in [-0.25, -0.2) is 14.8 Å². The molecule has 0 atom stereocenters. The van der Waals surface area contributed by atoms with Crippen LogP contribution in [0.2, 0.25) is 5.02 Å². The summed E-state index contributed by atoms with van der Waals surface area (Å²) < 4.78 is 5.44. The van der Waals surface area contributed by atoms with Gasteiger partial charge in [0.15, 0.2) is 0 Å². The van der Waals surface area contributed by atoms with Gasteiger partial charge in [0.1, 0.15) is 6.61 Å². The lowest BCUT2D eigenvalue weighted by atomic mass is 9.98. The van der Waals surface area contributed by atoms with Crippen LogP contribution in [0.4, 0.5) is 4.79 Å². The smallest absolute Gasteiger partial charge is 0.407 e. The molecule has 5 nitrogen and oxygen atoms in total. The monoisotopic (exact) mass is 389 g/mol. The lowest BCUT2D eigenvalue weighted by molar-refractivity contribution is 0.144. The number of nitrogens with one attached hydrogen (secondary N) is 1. The van der Waals surface area contributed by atoms with Gasteiger partial charge in [-0.15, -0.1) is 0 Å². The first kappa shape index (κ1) is 18.0. The van der Waals surface area contributed by atoms with Gasteiger partial charge in [0.05, 0.1) is 24.0 Å². The minimum Gasteiger partial charge on any atom is -0.449 e. The van der Waals surface area contributed by atoms with Crippen LogP contribution in [0.3, 0.4) is 0 Å². The fraction of sp³-hybridized carbons (Fsp3) is 0.136. The highest BCUT2D eigenvalue weighted by Crippen LogP contribution is 2.44. The molecule has 1 amide bonds. The molecule has 6 heteroatoms. The summed E-state index contributed by atoms with van der Waals surface area (Å²) in [6.07, 6.45) is 2.43. The number of hydrogen-bond donors (Lipinski definition) is 1. The summed E-state index contributed by atoms with van der Waals surface area (Å²) in [5.74, 6) is 5.91. The predicted octanol–water partition coefficient (Wildman–Crippen LogP) is 4.02. The Morgan fingerprint density at radius 1 is 1.04 bits per heavy atom. The number of ether oxygens (including phenoxy) is 1. The molecule has 1 aromatic heterocycles. The standard InChI is InChI=1S/C22H16ClN3O2/c23-15-12-25-21(26-13-15)10-5-11-24-22(27)28-14-20-18-8-3-1-6-16(18)17-7-2-4-9-19(17)20/h1-4,6-9,12-13,20H,11,14H2,(H,24,27). The molecule has 0 unspecified atom stereocenters. The second-order valence-corrected chi connectivity index (χ2v) is 6.64. The van der Waals surface area contributed by atoms with Crippen LogP contribution in [0.5, 0.6) is 0 Å². The molecule has 0 fully saturated rings. The molecular weight excluding hydrogens is 374 g/mol. The molecular formula is C22H16ClN3O2. The summed E-state index contributed by atoms with van der Waals surface area (Å²) in [5, 5.41) is 3.07. The molecule has 4 rings (SSSR count). The van der Waals surface area contributed by atoms with E-state index in [4.69, 9.17) is 16.3 Å². The number of aromatic nitrogens is 2. The highest BCUT2D eigenvalue weighted by atomic mass is 35.5. The van der Waals surface area contributed by atoms with Crippen molar-refractivity contribution in [3.63, 3.8) is 0 Å². The summed E-state index contributed by atoms with van der Waals surface area (Å²) in [6.45, 7) is 0.413.